The third kappa shape index (κ3) is 3.93. The van der Waals surface area contributed by atoms with Gasteiger partial charge in [-0.25, -0.2) is 0 Å². The molecule has 0 aliphatic carbocycles. The third-order valence-electron chi connectivity index (χ3n) is 2.81. The normalized spacial score (nSPS) is 13.1. The summed E-state index contributed by atoms with van der Waals surface area (Å²) in [5.41, 5.74) is 1.65. The first-order valence-electron chi connectivity index (χ1n) is 5.83. The zero-order chi connectivity index (χ0) is 14.6. The molecule has 0 saturated heterocycles. The summed E-state index contributed by atoms with van der Waals surface area (Å²) in [6.07, 6.45) is 0. The minimum Gasteiger partial charge on any atom is -0.411 e. The lowest BCUT2D eigenvalue weighted by molar-refractivity contribution is 0.319. The van der Waals surface area contributed by atoms with E-state index in [0.717, 1.165) is 5.56 Å². The van der Waals surface area contributed by atoms with Crippen molar-refractivity contribution in [2.24, 2.45) is 5.16 Å². The van der Waals surface area contributed by atoms with Crippen LogP contribution in [0.2, 0.25) is 0 Å². The first-order chi connectivity index (χ1) is 8.77. The van der Waals surface area contributed by atoms with Gasteiger partial charge in [0.1, 0.15) is 0 Å². The summed E-state index contributed by atoms with van der Waals surface area (Å²) >= 11 is 0. The van der Waals surface area contributed by atoms with Gasteiger partial charge in [0.05, 0.1) is 5.71 Å². The molecule has 0 spiro atoms. The van der Waals surface area contributed by atoms with Crippen LogP contribution in [0, 0.1) is 0 Å². The summed E-state index contributed by atoms with van der Waals surface area (Å²) in [5, 5.41) is 11.7. The van der Waals surface area contributed by atoms with Crippen molar-refractivity contribution in [2.75, 3.05) is 11.8 Å². The van der Waals surface area contributed by atoms with Crippen LogP contribution >= 0.6 is 0 Å². The lowest BCUT2D eigenvalue weighted by atomic mass is 10.1. The van der Waals surface area contributed by atoms with Crippen LogP contribution < -0.4 is 4.72 Å². The first kappa shape index (κ1) is 15.5. The fourth-order valence-corrected chi connectivity index (χ4v) is 2.47. The molecule has 0 atom stereocenters. The number of hydrogen-bond donors (Lipinski definition) is 2. The van der Waals surface area contributed by atoms with E-state index >= 15 is 0 Å². The van der Waals surface area contributed by atoms with E-state index in [1.807, 2.05) is 0 Å². The number of oxime groups is 1. The van der Waals surface area contributed by atoms with Crippen LogP contribution in [-0.2, 0) is 10.2 Å². The third-order valence-corrected chi connectivity index (χ3v) is 4.48. The summed E-state index contributed by atoms with van der Waals surface area (Å²) in [7, 11) is -2.03. The summed E-state index contributed by atoms with van der Waals surface area (Å²) in [6, 6.07) is 6.48. The summed E-state index contributed by atoms with van der Waals surface area (Å²) < 4.78 is 27.7. The number of benzene rings is 1. The molecule has 1 rings (SSSR count). The molecule has 0 aliphatic heterocycles. The largest absolute Gasteiger partial charge is 0.411 e. The Hall–Kier alpha value is -1.60. The summed E-state index contributed by atoms with van der Waals surface area (Å²) in [6.45, 7) is 5.25. The highest BCUT2D eigenvalue weighted by Crippen LogP contribution is 2.14. The van der Waals surface area contributed by atoms with Gasteiger partial charge in [-0.2, -0.15) is 12.7 Å². The van der Waals surface area contributed by atoms with Crippen molar-refractivity contribution in [1.29, 1.82) is 0 Å². The molecule has 2 N–H and O–H groups in total. The van der Waals surface area contributed by atoms with Crippen molar-refractivity contribution in [1.82, 2.24) is 4.31 Å². The molecule has 6 nitrogen and oxygen atoms in total. The van der Waals surface area contributed by atoms with Gasteiger partial charge in [0, 0.05) is 18.8 Å². The van der Waals surface area contributed by atoms with Gasteiger partial charge < -0.3 is 5.21 Å². The van der Waals surface area contributed by atoms with Crippen LogP contribution in [0.25, 0.3) is 0 Å². The molecule has 0 unspecified atom stereocenters. The van der Waals surface area contributed by atoms with Crippen LogP contribution in [0.5, 0.6) is 0 Å². The predicted octanol–water partition coefficient (Wildman–Crippen LogP) is 1.88. The van der Waals surface area contributed by atoms with E-state index in [4.69, 9.17) is 5.21 Å². The Morgan fingerprint density at radius 3 is 2.26 bits per heavy atom. The van der Waals surface area contributed by atoms with Crippen molar-refractivity contribution in [3.8, 4) is 0 Å². The topological polar surface area (TPSA) is 82.0 Å². The van der Waals surface area contributed by atoms with Gasteiger partial charge in [-0.05, 0) is 38.5 Å². The molecular weight excluding hydrogens is 266 g/mol. The molecular formula is C12H19N3O3S. The standard InChI is InChI=1S/C12H19N3O3S/c1-9(2)15(4)19(17,18)14-12-7-5-11(6-8-12)10(3)13-16/h5-9,14,16H,1-4H3. The van der Waals surface area contributed by atoms with E-state index in [0.29, 0.717) is 11.4 Å². The molecule has 1 aromatic rings. The molecule has 0 bridgehead atoms. The van der Waals surface area contributed by atoms with Gasteiger partial charge in [-0.1, -0.05) is 17.3 Å². The Morgan fingerprint density at radius 1 is 1.32 bits per heavy atom. The van der Waals surface area contributed by atoms with E-state index < -0.39 is 10.2 Å². The molecule has 1 aromatic carbocycles. The molecule has 19 heavy (non-hydrogen) atoms. The van der Waals surface area contributed by atoms with Gasteiger partial charge in [0.25, 0.3) is 0 Å². The van der Waals surface area contributed by atoms with Crippen LogP contribution in [0.15, 0.2) is 29.4 Å². The van der Waals surface area contributed by atoms with Crippen molar-refractivity contribution < 1.29 is 13.6 Å². The van der Waals surface area contributed by atoms with Crippen LogP contribution in [-0.4, -0.2) is 36.7 Å². The van der Waals surface area contributed by atoms with Gasteiger partial charge >= 0.3 is 10.2 Å². The lowest BCUT2D eigenvalue weighted by Gasteiger charge is -2.21. The fraction of sp³-hybridized carbons (Fsp3) is 0.417. The molecule has 7 heteroatoms. The summed E-state index contributed by atoms with van der Waals surface area (Å²) in [5.74, 6) is 0. The minimum atomic E-state index is -3.55. The highest BCUT2D eigenvalue weighted by Gasteiger charge is 2.20. The molecule has 0 saturated carbocycles. The van der Waals surface area contributed by atoms with Crippen LogP contribution in [0.1, 0.15) is 26.3 Å². The Morgan fingerprint density at radius 2 is 1.84 bits per heavy atom. The van der Waals surface area contributed by atoms with Gasteiger partial charge in [0.2, 0.25) is 0 Å². The smallest absolute Gasteiger partial charge is 0.301 e. The van der Waals surface area contributed by atoms with Gasteiger partial charge in [-0.15, -0.1) is 0 Å². The number of anilines is 1. The van der Waals surface area contributed by atoms with Crippen LogP contribution in [0.3, 0.4) is 0 Å². The molecule has 0 aliphatic rings. The average molecular weight is 285 g/mol. The van der Waals surface area contributed by atoms with E-state index in [9.17, 15) is 8.42 Å². The van der Waals surface area contributed by atoms with Crippen molar-refractivity contribution in [2.45, 2.75) is 26.8 Å². The first-order valence-corrected chi connectivity index (χ1v) is 7.27. The van der Waals surface area contributed by atoms with E-state index in [1.54, 1.807) is 45.0 Å². The summed E-state index contributed by atoms with van der Waals surface area (Å²) in [4.78, 5) is 0. The van der Waals surface area contributed by atoms with Crippen LogP contribution in [0.4, 0.5) is 5.69 Å². The Balaban J connectivity index is 2.90. The number of nitrogens with zero attached hydrogens (tertiary/aromatic N) is 2. The quantitative estimate of drug-likeness (QED) is 0.492. The zero-order valence-corrected chi connectivity index (χ0v) is 12.3. The average Bonchev–Trinajstić information content (AvgIpc) is 2.37. The highest BCUT2D eigenvalue weighted by atomic mass is 32.2. The number of nitrogens with one attached hydrogen (secondary N) is 1. The molecule has 0 aromatic heterocycles. The SMILES string of the molecule is CC(=NO)c1ccc(NS(=O)(=O)N(C)C(C)C)cc1. The highest BCUT2D eigenvalue weighted by molar-refractivity contribution is 7.90. The van der Waals surface area contributed by atoms with Gasteiger partial charge in [-0.3, -0.25) is 4.72 Å². The second kappa shape index (κ2) is 6.03. The van der Waals surface area contributed by atoms with Crippen molar-refractivity contribution in [3.63, 3.8) is 0 Å². The van der Waals surface area contributed by atoms with E-state index in [1.165, 1.54) is 11.4 Å². The second-order valence-electron chi connectivity index (χ2n) is 4.48. The van der Waals surface area contributed by atoms with Gasteiger partial charge in [0.15, 0.2) is 0 Å². The number of hydrogen-bond acceptors (Lipinski definition) is 4. The molecule has 0 radical (unpaired) electrons. The maximum atomic E-state index is 12.0. The Kier molecular flexibility index (Phi) is 4.90. The molecule has 0 fully saturated rings. The molecule has 0 heterocycles. The second-order valence-corrected chi connectivity index (χ2v) is 6.21. The maximum Gasteiger partial charge on any atom is 0.301 e. The predicted molar refractivity (Wildman–Crippen MR) is 75.9 cm³/mol. The van der Waals surface area contributed by atoms with Crippen molar-refractivity contribution >= 4 is 21.6 Å². The lowest BCUT2D eigenvalue weighted by Crippen LogP contribution is -2.37. The van der Waals surface area contributed by atoms with E-state index in [-0.39, 0.29) is 6.04 Å². The Labute approximate surface area is 113 Å². The zero-order valence-electron chi connectivity index (χ0n) is 11.5. The molecule has 106 valence electrons. The fourth-order valence-electron chi connectivity index (χ4n) is 1.34. The maximum absolute atomic E-state index is 12.0. The number of rotatable bonds is 5. The molecule has 0 amide bonds. The minimum absolute atomic E-state index is 0.125. The van der Waals surface area contributed by atoms with E-state index in [2.05, 4.69) is 9.88 Å². The van der Waals surface area contributed by atoms with Crippen molar-refractivity contribution in [3.05, 3.63) is 29.8 Å². The monoisotopic (exact) mass is 285 g/mol. The Bertz CT molecular complexity index is 550.